The summed E-state index contributed by atoms with van der Waals surface area (Å²) in [6, 6.07) is 0. The van der Waals surface area contributed by atoms with Crippen molar-refractivity contribution < 1.29 is 48.9 Å². The zero-order valence-corrected chi connectivity index (χ0v) is 34.2. The van der Waals surface area contributed by atoms with Crippen LogP contribution in [-0.2, 0) is 32.7 Å². The zero-order chi connectivity index (χ0) is 42.4. The smallest absolute Gasteiger partial charge is 0.306 e. The van der Waals surface area contributed by atoms with Crippen LogP contribution in [0.15, 0.2) is 12.2 Å². The monoisotopic (exact) mass is 751 g/mol. The molecule has 51 heavy (non-hydrogen) atoms. The second-order valence-electron chi connectivity index (χ2n) is 14.8. The molecule has 0 aliphatic carbocycles. The minimum absolute atomic E-state index is 0.202. The van der Waals surface area contributed by atoms with Gasteiger partial charge in [0.25, 0.3) is 7.82 Å². The van der Waals surface area contributed by atoms with Crippen LogP contribution < -0.4 is 4.89 Å². The van der Waals surface area contributed by atoms with Gasteiger partial charge in [-0.25, -0.2) is 0 Å². The first-order valence-corrected chi connectivity index (χ1v) is 21.8. The molecular formula is C41H80NO8P. The summed E-state index contributed by atoms with van der Waals surface area (Å²) in [6.07, 6.45) is 26.4. The highest BCUT2D eigenvalue weighted by Crippen LogP contribution is 2.38. The number of unbranched alkanes of at least 4 members (excludes halogenated alkanes) is 22. The van der Waals surface area contributed by atoms with Gasteiger partial charge in [-0.05, 0) is 38.5 Å². The fourth-order valence-electron chi connectivity index (χ4n) is 5.38. The number of phosphoric ester groups is 1. The summed E-state index contributed by atoms with van der Waals surface area (Å²) >= 11 is 0. The van der Waals surface area contributed by atoms with Crippen molar-refractivity contribution in [3.63, 3.8) is 0 Å². The lowest BCUT2D eigenvalue weighted by molar-refractivity contribution is -0.870. The molecule has 0 rings (SSSR count). The number of quaternary nitrogens is 1. The first-order chi connectivity index (χ1) is 26.3. The molecule has 10 heteroatoms. The van der Waals surface area contributed by atoms with E-state index in [4.69, 9.17) is 20.9 Å². The molecule has 0 aliphatic heterocycles. The van der Waals surface area contributed by atoms with Gasteiger partial charge in [0.1, 0.15) is 19.7 Å². The van der Waals surface area contributed by atoms with E-state index in [2.05, 4.69) is 30.5 Å². The molecule has 0 bridgehead atoms. The molecule has 0 saturated carbocycles. The highest BCUT2D eigenvalue weighted by atomic mass is 31.2. The Morgan fingerprint density at radius 2 is 1.06 bits per heavy atom. The summed E-state index contributed by atoms with van der Waals surface area (Å²) in [4.78, 5) is 38.4. The van der Waals surface area contributed by atoms with Gasteiger partial charge in [-0.2, -0.15) is 0 Å². The number of hydrogen-bond donors (Lipinski definition) is 0. The highest BCUT2D eigenvalue weighted by molar-refractivity contribution is 7.45. The lowest BCUT2D eigenvalue weighted by Gasteiger charge is -2.28. The summed E-state index contributed by atoms with van der Waals surface area (Å²) in [6.45, 7) is -3.25. The molecule has 2 atom stereocenters. The molecule has 0 aromatic heterocycles. The lowest BCUT2D eigenvalue weighted by atomic mass is 10.0. The SMILES string of the molecule is [2H]C([2H])(OC(=O)CCCCCCCCCCCCCCCC)[C@@]([2H])(OC(=O)CCCCCCC/C=C\CCCCCC)C([2H])([2H])OP(=O)([O-])OCC[N+](C)(C)C. The summed E-state index contributed by atoms with van der Waals surface area (Å²) in [5.74, 6) is -2.23. The summed E-state index contributed by atoms with van der Waals surface area (Å²) < 4.78 is 74.7. The molecule has 1 unspecified atom stereocenters. The van der Waals surface area contributed by atoms with Gasteiger partial charge in [0.15, 0.2) is 6.08 Å². The molecule has 0 N–H and O–H groups in total. The number of nitrogens with zero attached hydrogens (tertiary/aromatic N) is 1. The van der Waals surface area contributed by atoms with Crippen molar-refractivity contribution >= 4 is 19.8 Å². The first kappa shape index (κ1) is 40.9. The Bertz CT molecular complexity index is 1110. The Labute approximate surface area is 321 Å². The molecule has 0 radical (unpaired) electrons. The molecule has 9 nitrogen and oxygen atoms in total. The Morgan fingerprint density at radius 3 is 1.53 bits per heavy atom. The lowest BCUT2D eigenvalue weighted by Crippen LogP contribution is -2.37. The van der Waals surface area contributed by atoms with Crippen molar-refractivity contribution in [1.29, 1.82) is 0 Å². The topological polar surface area (TPSA) is 111 Å². The van der Waals surface area contributed by atoms with Crippen molar-refractivity contribution in [3.8, 4) is 0 Å². The number of carbonyl (C=O) groups excluding carboxylic acids is 2. The van der Waals surface area contributed by atoms with Gasteiger partial charge in [0.2, 0.25) is 0 Å². The van der Waals surface area contributed by atoms with Crippen LogP contribution >= 0.6 is 7.82 Å². The minimum atomic E-state index is -5.50. The van der Waals surface area contributed by atoms with E-state index in [-0.39, 0.29) is 26.0 Å². The van der Waals surface area contributed by atoms with Gasteiger partial charge < -0.3 is 27.9 Å². The van der Waals surface area contributed by atoms with E-state index in [0.29, 0.717) is 30.2 Å². The average molecular weight is 751 g/mol. The number of likely N-dealkylation sites (N-methyl/N-ethyl adjacent to an activating group) is 1. The van der Waals surface area contributed by atoms with Gasteiger partial charge in [0.05, 0.1) is 34.6 Å². The summed E-state index contributed by atoms with van der Waals surface area (Å²) in [7, 11) is -0.154. The second kappa shape index (κ2) is 34.5. The maximum Gasteiger partial charge on any atom is 0.306 e. The Balaban J connectivity index is 5.14. The number of rotatable bonds is 38. The van der Waals surface area contributed by atoms with E-state index in [9.17, 15) is 19.0 Å². The molecule has 0 heterocycles. The fourth-order valence-corrected chi connectivity index (χ4v) is 5.93. The van der Waals surface area contributed by atoms with Crippen molar-refractivity contribution in [3.05, 3.63) is 12.2 Å². The van der Waals surface area contributed by atoms with Crippen LogP contribution in [0.25, 0.3) is 0 Å². The number of phosphoric acid groups is 1. The maximum atomic E-state index is 12.9. The molecule has 0 aromatic rings. The standard InChI is InChI=1S/C41H80NO8P/c1-6-8-10-12-14-16-18-20-22-23-25-27-29-31-33-40(43)47-37-39(38-49-51(45,46)48-36-35-42(3,4)5)50-41(44)34-32-30-28-26-24-21-19-17-15-13-11-9-7-2/h17,19,39H,6-16,18,20-38H2,1-5H3/b19-17-/t39-/m1/s1/i37D2,38D2,39D. The highest BCUT2D eigenvalue weighted by Gasteiger charge is 2.21. The van der Waals surface area contributed by atoms with Gasteiger partial charge in [-0.1, -0.05) is 148 Å². The first-order valence-electron chi connectivity index (χ1n) is 22.9. The normalized spacial score (nSPS) is 16.4. The van der Waals surface area contributed by atoms with Crippen LogP contribution in [0.1, 0.15) is 194 Å². The van der Waals surface area contributed by atoms with Crippen LogP contribution in [0.5, 0.6) is 0 Å². The molecule has 0 fully saturated rings. The van der Waals surface area contributed by atoms with Crippen LogP contribution in [0.2, 0.25) is 0 Å². The third kappa shape index (κ3) is 38.3. The summed E-state index contributed by atoms with van der Waals surface area (Å²) in [5, 5.41) is 0. The van der Waals surface area contributed by atoms with Crippen LogP contribution in [0.4, 0.5) is 0 Å². The third-order valence-corrected chi connectivity index (χ3v) is 9.43. The van der Waals surface area contributed by atoms with E-state index in [1.807, 2.05) is 0 Å². The number of esters is 2. The van der Waals surface area contributed by atoms with E-state index in [0.717, 1.165) is 51.4 Å². The average Bonchev–Trinajstić information content (AvgIpc) is 3.08. The van der Waals surface area contributed by atoms with Crippen molar-refractivity contribution in [2.75, 3.05) is 47.4 Å². The zero-order valence-electron chi connectivity index (χ0n) is 38.3. The van der Waals surface area contributed by atoms with Gasteiger partial charge >= 0.3 is 11.9 Å². The number of allylic oxidation sites excluding steroid dienone is 2. The Kier molecular flexibility index (Phi) is 27.7. The Hall–Kier alpha value is -1.25. The van der Waals surface area contributed by atoms with Gasteiger partial charge in [-0.15, -0.1) is 0 Å². The van der Waals surface area contributed by atoms with Gasteiger partial charge in [-0.3, -0.25) is 14.2 Å². The Morgan fingerprint density at radius 1 is 0.647 bits per heavy atom. The van der Waals surface area contributed by atoms with Gasteiger partial charge in [0, 0.05) is 12.8 Å². The number of ether oxygens (including phenoxy) is 2. The van der Waals surface area contributed by atoms with Crippen molar-refractivity contribution in [1.82, 2.24) is 0 Å². The van der Waals surface area contributed by atoms with Crippen LogP contribution in [0.3, 0.4) is 0 Å². The predicted octanol–water partition coefficient (Wildman–Crippen LogP) is 10.8. The van der Waals surface area contributed by atoms with Crippen LogP contribution in [0, 0.1) is 0 Å². The van der Waals surface area contributed by atoms with E-state index < -0.39 is 39.0 Å². The third-order valence-electron chi connectivity index (χ3n) is 8.61. The molecule has 0 saturated heterocycles. The molecule has 0 amide bonds. The fraction of sp³-hybridized carbons (Fsp3) is 0.902. The largest absolute Gasteiger partial charge is 0.756 e. The van der Waals surface area contributed by atoms with Crippen molar-refractivity contribution in [2.45, 2.75) is 193 Å². The summed E-state index contributed by atoms with van der Waals surface area (Å²) in [5.41, 5.74) is 0. The van der Waals surface area contributed by atoms with Crippen molar-refractivity contribution in [2.24, 2.45) is 0 Å². The number of hydrogen-bond acceptors (Lipinski definition) is 8. The predicted molar refractivity (Wildman–Crippen MR) is 208 cm³/mol. The molecule has 0 spiro atoms. The number of carbonyl (C=O) groups is 2. The minimum Gasteiger partial charge on any atom is -0.756 e. The van der Waals surface area contributed by atoms with E-state index in [1.165, 1.54) is 83.5 Å². The molecule has 0 aromatic carbocycles. The van der Waals surface area contributed by atoms with E-state index >= 15 is 0 Å². The maximum absolute atomic E-state index is 12.9. The van der Waals surface area contributed by atoms with Crippen LogP contribution in [-0.4, -0.2) is 69.9 Å². The molecular weight excluding hydrogens is 665 g/mol. The van der Waals surface area contributed by atoms with E-state index in [1.54, 1.807) is 21.1 Å². The molecule has 302 valence electrons. The molecule has 0 aliphatic rings. The second-order valence-corrected chi connectivity index (χ2v) is 16.2. The quantitative estimate of drug-likeness (QED) is 0.0202.